The van der Waals surface area contributed by atoms with Crippen LogP contribution in [-0.2, 0) is 4.79 Å². The first-order valence-corrected chi connectivity index (χ1v) is 11.5. The van der Waals surface area contributed by atoms with Gasteiger partial charge >= 0.3 is 0 Å². The summed E-state index contributed by atoms with van der Waals surface area (Å²) < 4.78 is 11.8. The first-order chi connectivity index (χ1) is 16.6. The highest BCUT2D eigenvalue weighted by Crippen LogP contribution is 2.44. The Labute approximate surface area is 196 Å². The summed E-state index contributed by atoms with van der Waals surface area (Å²) in [5.41, 5.74) is 5.38. The van der Waals surface area contributed by atoms with Crippen LogP contribution in [0.15, 0.2) is 42.7 Å². The number of anilines is 4. The number of rotatable bonds is 4. The van der Waals surface area contributed by atoms with E-state index in [1.807, 2.05) is 48.4 Å². The van der Waals surface area contributed by atoms with Gasteiger partial charge in [-0.15, -0.1) is 0 Å². The van der Waals surface area contributed by atoms with Crippen molar-refractivity contribution in [3.05, 3.63) is 48.3 Å². The largest absolute Gasteiger partial charge is 0.485 e. The summed E-state index contributed by atoms with van der Waals surface area (Å²) in [5.74, 6) is 2.12. The molecule has 1 saturated heterocycles. The Balaban J connectivity index is 1.27. The number of aliphatic hydroxyl groups excluding tert-OH is 1. The summed E-state index contributed by atoms with van der Waals surface area (Å²) in [5, 5.41) is 15.9. The Hall–Kier alpha value is -3.85. The predicted molar refractivity (Wildman–Crippen MR) is 128 cm³/mol. The smallest absolute Gasteiger partial charge is 0.237 e. The summed E-state index contributed by atoms with van der Waals surface area (Å²) in [6, 6.07) is 9.66. The van der Waals surface area contributed by atoms with Gasteiger partial charge in [-0.25, -0.2) is 9.97 Å². The lowest BCUT2D eigenvalue weighted by Gasteiger charge is -2.28. The number of carbonyl (C=O) groups is 1. The van der Waals surface area contributed by atoms with Gasteiger partial charge in [-0.1, -0.05) is 0 Å². The normalized spacial score (nSPS) is 20.4. The molecule has 9 heteroatoms. The summed E-state index contributed by atoms with van der Waals surface area (Å²) in [6.07, 6.45) is 4.86. The maximum absolute atomic E-state index is 12.1. The number of pyridine rings is 2. The third kappa shape index (κ3) is 3.58. The number of hydrogen-bond donors (Lipinski definition) is 3. The zero-order valence-corrected chi connectivity index (χ0v) is 18.7. The van der Waals surface area contributed by atoms with E-state index >= 15 is 0 Å². The van der Waals surface area contributed by atoms with E-state index in [4.69, 9.17) is 9.47 Å². The first-order valence-electron chi connectivity index (χ1n) is 11.5. The predicted octanol–water partition coefficient (Wildman–Crippen LogP) is 3.63. The van der Waals surface area contributed by atoms with Crippen LogP contribution < -0.4 is 25.0 Å². The molecule has 3 aromatic rings. The van der Waals surface area contributed by atoms with E-state index < -0.39 is 0 Å². The first kappa shape index (κ1) is 20.7. The van der Waals surface area contributed by atoms with Crippen LogP contribution in [0.5, 0.6) is 11.6 Å². The van der Waals surface area contributed by atoms with E-state index in [1.54, 1.807) is 6.20 Å². The zero-order valence-electron chi connectivity index (χ0n) is 18.7. The maximum Gasteiger partial charge on any atom is 0.237 e. The van der Waals surface area contributed by atoms with Crippen molar-refractivity contribution in [2.45, 2.75) is 31.9 Å². The number of aromatic nitrogens is 2. The molecular weight excluding hydrogens is 434 g/mol. The topological polar surface area (TPSA) is 109 Å². The van der Waals surface area contributed by atoms with E-state index in [2.05, 4.69) is 20.6 Å². The standard InChI is InChI=1S/C25H25N5O4/c1-14-19-9-23(29-15-7-21-25(27-10-15)33-13-16(12-31)28-21)26-11-20(19)18-5-4-17(8-22(18)34-14)30-6-2-3-24(30)32/h4-5,7-11,14,16,28,31H,2-3,6,12-13H2,1H3,(H,26,29). The highest BCUT2D eigenvalue weighted by Gasteiger charge is 2.27. The molecule has 0 radical (unpaired) electrons. The Bertz CT molecular complexity index is 1280. The van der Waals surface area contributed by atoms with Gasteiger partial charge in [-0.2, -0.15) is 0 Å². The van der Waals surface area contributed by atoms with E-state index in [9.17, 15) is 9.90 Å². The van der Waals surface area contributed by atoms with Gasteiger partial charge in [-0.05, 0) is 37.6 Å². The van der Waals surface area contributed by atoms with Crippen LogP contribution in [-0.4, -0.2) is 46.8 Å². The highest BCUT2D eigenvalue weighted by atomic mass is 16.5. The summed E-state index contributed by atoms with van der Waals surface area (Å²) in [4.78, 5) is 22.9. The molecule has 0 saturated carbocycles. The molecule has 9 nitrogen and oxygen atoms in total. The monoisotopic (exact) mass is 459 g/mol. The van der Waals surface area contributed by atoms with Crippen molar-refractivity contribution in [3.63, 3.8) is 0 Å². The molecule has 5 heterocycles. The lowest BCUT2D eigenvalue weighted by atomic mass is 9.94. The molecule has 0 spiro atoms. The summed E-state index contributed by atoms with van der Waals surface area (Å²) >= 11 is 0. The average Bonchev–Trinajstić information content (AvgIpc) is 3.29. The molecule has 1 fully saturated rings. The molecule has 2 unspecified atom stereocenters. The van der Waals surface area contributed by atoms with Crippen molar-refractivity contribution < 1.29 is 19.4 Å². The fraction of sp³-hybridized carbons (Fsp3) is 0.320. The molecule has 1 amide bonds. The molecule has 34 heavy (non-hydrogen) atoms. The third-order valence-electron chi connectivity index (χ3n) is 6.44. The van der Waals surface area contributed by atoms with E-state index in [1.165, 1.54) is 0 Å². The van der Waals surface area contributed by atoms with E-state index in [0.717, 1.165) is 52.5 Å². The van der Waals surface area contributed by atoms with Gasteiger partial charge in [0.05, 0.1) is 30.2 Å². The highest BCUT2D eigenvalue weighted by molar-refractivity contribution is 5.96. The number of carbonyl (C=O) groups excluding carboxylic acids is 1. The number of nitrogens with one attached hydrogen (secondary N) is 2. The van der Waals surface area contributed by atoms with Gasteiger partial charge in [0, 0.05) is 47.6 Å². The van der Waals surface area contributed by atoms with Crippen LogP contribution in [0.4, 0.5) is 22.9 Å². The molecule has 3 aliphatic rings. The SMILES string of the molecule is CC1Oc2cc(N3CCCC3=O)ccc2-c2cnc(Nc3cnc4c(c3)NC(CO)CO4)cc21. The Kier molecular flexibility index (Phi) is 4.99. The number of nitrogens with zero attached hydrogens (tertiary/aromatic N) is 3. The zero-order chi connectivity index (χ0) is 23.2. The van der Waals surface area contributed by atoms with E-state index in [0.29, 0.717) is 24.7 Å². The minimum atomic E-state index is -0.169. The van der Waals surface area contributed by atoms with Gasteiger partial charge in [0.15, 0.2) is 0 Å². The van der Waals surface area contributed by atoms with Gasteiger partial charge < -0.3 is 30.1 Å². The summed E-state index contributed by atoms with van der Waals surface area (Å²) in [7, 11) is 0. The third-order valence-corrected chi connectivity index (χ3v) is 6.44. The molecular formula is C25H25N5O4. The molecule has 0 aliphatic carbocycles. The molecule has 2 atom stereocenters. The fourth-order valence-corrected chi connectivity index (χ4v) is 4.70. The minimum Gasteiger partial charge on any atom is -0.485 e. The Morgan fingerprint density at radius 1 is 1.21 bits per heavy atom. The number of ether oxygens (including phenoxy) is 2. The minimum absolute atomic E-state index is 0.0152. The van der Waals surface area contributed by atoms with Crippen molar-refractivity contribution >= 4 is 28.8 Å². The van der Waals surface area contributed by atoms with E-state index in [-0.39, 0.29) is 24.7 Å². The molecule has 3 N–H and O–H groups in total. The van der Waals surface area contributed by atoms with Crippen LogP contribution in [0.25, 0.3) is 11.1 Å². The van der Waals surface area contributed by atoms with Gasteiger partial charge in [0.2, 0.25) is 11.8 Å². The van der Waals surface area contributed by atoms with Crippen molar-refractivity contribution in [2.75, 3.05) is 35.3 Å². The quantitative estimate of drug-likeness (QED) is 0.543. The van der Waals surface area contributed by atoms with Crippen molar-refractivity contribution in [3.8, 4) is 22.8 Å². The Morgan fingerprint density at radius 2 is 2.12 bits per heavy atom. The van der Waals surface area contributed by atoms with Crippen LogP contribution in [0.1, 0.15) is 31.4 Å². The maximum atomic E-state index is 12.1. The number of aliphatic hydroxyl groups is 1. The van der Waals surface area contributed by atoms with Gasteiger partial charge in [0.25, 0.3) is 0 Å². The van der Waals surface area contributed by atoms with Crippen molar-refractivity contribution in [1.29, 1.82) is 0 Å². The second kappa shape index (κ2) is 8.18. The summed E-state index contributed by atoms with van der Waals surface area (Å²) in [6.45, 7) is 3.12. The number of amides is 1. The molecule has 6 rings (SSSR count). The number of benzene rings is 1. The average molecular weight is 460 g/mol. The second-order valence-electron chi connectivity index (χ2n) is 8.78. The lowest BCUT2D eigenvalue weighted by molar-refractivity contribution is -0.117. The second-order valence-corrected chi connectivity index (χ2v) is 8.78. The molecule has 1 aromatic carbocycles. The molecule has 0 bridgehead atoms. The molecule has 3 aliphatic heterocycles. The number of fused-ring (bicyclic) bond motifs is 4. The van der Waals surface area contributed by atoms with Gasteiger partial charge in [0.1, 0.15) is 24.3 Å². The lowest BCUT2D eigenvalue weighted by Crippen LogP contribution is -2.34. The van der Waals surface area contributed by atoms with Crippen molar-refractivity contribution in [1.82, 2.24) is 9.97 Å². The fourth-order valence-electron chi connectivity index (χ4n) is 4.70. The van der Waals surface area contributed by atoms with Crippen molar-refractivity contribution in [2.24, 2.45) is 0 Å². The molecule has 2 aromatic heterocycles. The van der Waals surface area contributed by atoms with Gasteiger partial charge in [-0.3, -0.25) is 4.79 Å². The Morgan fingerprint density at radius 3 is 2.94 bits per heavy atom. The van der Waals surface area contributed by atoms with Crippen LogP contribution in [0.3, 0.4) is 0 Å². The molecule has 174 valence electrons. The van der Waals surface area contributed by atoms with Crippen LogP contribution in [0, 0.1) is 0 Å². The number of hydrogen-bond acceptors (Lipinski definition) is 8. The van der Waals surface area contributed by atoms with Crippen LogP contribution in [0.2, 0.25) is 0 Å². The van der Waals surface area contributed by atoms with Crippen LogP contribution >= 0.6 is 0 Å².